The van der Waals surface area contributed by atoms with Gasteiger partial charge in [0, 0.05) is 19.6 Å². The van der Waals surface area contributed by atoms with E-state index in [9.17, 15) is 9.59 Å². The van der Waals surface area contributed by atoms with Crippen molar-refractivity contribution >= 4 is 11.9 Å². The lowest BCUT2D eigenvalue weighted by Gasteiger charge is -2.29. The second-order valence-electron chi connectivity index (χ2n) is 6.45. The average molecular weight is 325 g/mol. The van der Waals surface area contributed by atoms with E-state index in [4.69, 9.17) is 5.11 Å². The molecule has 124 valence electrons. The molecule has 0 saturated heterocycles. The van der Waals surface area contributed by atoms with Gasteiger partial charge in [-0.2, -0.15) is 5.10 Å². The fraction of sp³-hybridized carbons (Fsp3) is 0.389. The molecule has 0 bridgehead atoms. The largest absolute Gasteiger partial charge is 0.478 e. The Balaban J connectivity index is 1.60. The number of aryl methyl sites for hydroxylation is 1. The number of benzene rings is 1. The van der Waals surface area contributed by atoms with Crippen LogP contribution in [0, 0.1) is 0 Å². The standard InChI is InChI=1S/C18H19N3O3/c22-17(15-10-19-21-7-2-1-3-16(15)21)20-8-6-12-4-5-13(18(23)24)9-14(12)11-20/h4-5,9-10H,1-3,6-8,11H2,(H,23,24). The highest BCUT2D eigenvalue weighted by atomic mass is 16.4. The molecule has 2 aromatic rings. The zero-order valence-electron chi connectivity index (χ0n) is 13.4. The van der Waals surface area contributed by atoms with Crippen molar-refractivity contribution in [2.24, 2.45) is 0 Å². The van der Waals surface area contributed by atoms with Crippen molar-refractivity contribution in [2.75, 3.05) is 6.54 Å². The van der Waals surface area contributed by atoms with Crippen LogP contribution in [0.5, 0.6) is 0 Å². The summed E-state index contributed by atoms with van der Waals surface area (Å²) < 4.78 is 1.94. The van der Waals surface area contributed by atoms with Crippen LogP contribution < -0.4 is 0 Å². The highest BCUT2D eigenvalue weighted by Gasteiger charge is 2.27. The summed E-state index contributed by atoms with van der Waals surface area (Å²) in [5, 5.41) is 13.5. The van der Waals surface area contributed by atoms with Gasteiger partial charge in [0.05, 0.1) is 23.0 Å². The molecule has 1 aromatic carbocycles. The van der Waals surface area contributed by atoms with Crippen LogP contribution in [0.15, 0.2) is 24.4 Å². The Hall–Kier alpha value is -2.63. The fourth-order valence-corrected chi connectivity index (χ4v) is 3.63. The molecule has 0 saturated carbocycles. The zero-order valence-corrected chi connectivity index (χ0v) is 13.4. The predicted molar refractivity (Wildman–Crippen MR) is 87.0 cm³/mol. The third-order valence-electron chi connectivity index (χ3n) is 4.97. The third-order valence-corrected chi connectivity index (χ3v) is 4.97. The lowest BCUT2D eigenvalue weighted by atomic mass is 9.96. The number of aromatic carboxylic acids is 1. The van der Waals surface area contributed by atoms with E-state index in [0.717, 1.165) is 49.0 Å². The number of hydrogen-bond donors (Lipinski definition) is 1. The molecule has 3 heterocycles. The van der Waals surface area contributed by atoms with Crippen LogP contribution in [0.1, 0.15) is 50.4 Å². The normalized spacial score (nSPS) is 16.4. The lowest BCUT2D eigenvalue weighted by molar-refractivity contribution is 0.0696. The van der Waals surface area contributed by atoms with E-state index in [-0.39, 0.29) is 11.5 Å². The Labute approximate surface area is 139 Å². The van der Waals surface area contributed by atoms with Crippen molar-refractivity contribution in [1.82, 2.24) is 14.7 Å². The SMILES string of the molecule is O=C(O)c1ccc2c(c1)CN(C(=O)c1cnn3c1CCCC3)CC2. The van der Waals surface area contributed by atoms with Crippen molar-refractivity contribution < 1.29 is 14.7 Å². The predicted octanol–water partition coefficient (Wildman–Crippen LogP) is 2.12. The van der Waals surface area contributed by atoms with Gasteiger partial charge in [0.1, 0.15) is 0 Å². The first kappa shape index (κ1) is 14.9. The second kappa shape index (κ2) is 5.78. The molecule has 6 nitrogen and oxygen atoms in total. The van der Waals surface area contributed by atoms with E-state index < -0.39 is 5.97 Å². The van der Waals surface area contributed by atoms with Gasteiger partial charge >= 0.3 is 5.97 Å². The molecular formula is C18H19N3O3. The van der Waals surface area contributed by atoms with Gasteiger partial charge in [0.15, 0.2) is 0 Å². The summed E-state index contributed by atoms with van der Waals surface area (Å²) in [5.74, 6) is -0.934. The number of carbonyl (C=O) groups excluding carboxylic acids is 1. The summed E-state index contributed by atoms with van der Waals surface area (Å²) in [4.78, 5) is 25.9. The zero-order chi connectivity index (χ0) is 16.7. The monoisotopic (exact) mass is 325 g/mol. The van der Waals surface area contributed by atoms with E-state index in [1.807, 2.05) is 10.7 Å². The summed E-state index contributed by atoms with van der Waals surface area (Å²) in [7, 11) is 0. The summed E-state index contributed by atoms with van der Waals surface area (Å²) in [6.07, 6.45) is 5.54. The smallest absolute Gasteiger partial charge is 0.335 e. The van der Waals surface area contributed by atoms with E-state index in [0.29, 0.717) is 18.7 Å². The number of carboxylic acid groups (broad SMARTS) is 1. The first-order valence-electron chi connectivity index (χ1n) is 8.32. The number of aromatic nitrogens is 2. The van der Waals surface area contributed by atoms with Crippen LogP contribution in [-0.2, 0) is 25.9 Å². The van der Waals surface area contributed by atoms with Crippen molar-refractivity contribution in [2.45, 2.75) is 38.8 Å². The molecule has 2 aliphatic rings. The highest BCUT2D eigenvalue weighted by molar-refractivity contribution is 5.95. The Kier molecular flexibility index (Phi) is 3.59. The molecular weight excluding hydrogens is 306 g/mol. The minimum atomic E-state index is -0.938. The Morgan fingerprint density at radius 3 is 2.79 bits per heavy atom. The summed E-state index contributed by atoms with van der Waals surface area (Å²) in [6, 6.07) is 5.18. The molecule has 0 atom stereocenters. The van der Waals surface area contributed by atoms with Crippen molar-refractivity contribution in [3.05, 3.63) is 52.3 Å². The lowest BCUT2D eigenvalue weighted by Crippen LogP contribution is -2.36. The van der Waals surface area contributed by atoms with Gasteiger partial charge in [0.25, 0.3) is 5.91 Å². The number of fused-ring (bicyclic) bond motifs is 2. The van der Waals surface area contributed by atoms with Crippen molar-refractivity contribution in [3.8, 4) is 0 Å². The van der Waals surface area contributed by atoms with Crippen LogP contribution in [-0.4, -0.2) is 38.2 Å². The molecule has 24 heavy (non-hydrogen) atoms. The number of carbonyl (C=O) groups is 2. The average Bonchev–Trinajstić information content (AvgIpc) is 3.04. The topological polar surface area (TPSA) is 75.4 Å². The van der Waals surface area contributed by atoms with Gasteiger partial charge in [0.2, 0.25) is 0 Å². The molecule has 0 spiro atoms. The Morgan fingerprint density at radius 1 is 1.08 bits per heavy atom. The molecule has 2 aliphatic heterocycles. The molecule has 1 amide bonds. The van der Waals surface area contributed by atoms with Crippen molar-refractivity contribution in [3.63, 3.8) is 0 Å². The number of hydrogen-bond acceptors (Lipinski definition) is 3. The molecule has 1 aromatic heterocycles. The number of rotatable bonds is 2. The third kappa shape index (κ3) is 2.48. The van der Waals surface area contributed by atoms with Crippen LogP contribution in [0.2, 0.25) is 0 Å². The van der Waals surface area contributed by atoms with Crippen LogP contribution >= 0.6 is 0 Å². The van der Waals surface area contributed by atoms with Gasteiger partial charge < -0.3 is 10.0 Å². The Bertz CT molecular complexity index is 825. The van der Waals surface area contributed by atoms with Gasteiger partial charge in [-0.05, 0) is 48.9 Å². The maximum Gasteiger partial charge on any atom is 0.335 e. The molecule has 1 N–H and O–H groups in total. The van der Waals surface area contributed by atoms with Gasteiger partial charge in [-0.15, -0.1) is 0 Å². The maximum absolute atomic E-state index is 12.9. The molecule has 6 heteroatoms. The molecule has 0 radical (unpaired) electrons. The minimum Gasteiger partial charge on any atom is -0.478 e. The van der Waals surface area contributed by atoms with E-state index in [2.05, 4.69) is 5.10 Å². The molecule has 0 fully saturated rings. The maximum atomic E-state index is 12.9. The van der Waals surface area contributed by atoms with E-state index >= 15 is 0 Å². The first-order valence-corrected chi connectivity index (χ1v) is 8.32. The molecule has 0 aliphatic carbocycles. The van der Waals surface area contributed by atoms with Gasteiger partial charge in [-0.1, -0.05) is 6.07 Å². The van der Waals surface area contributed by atoms with E-state index in [1.165, 1.54) is 0 Å². The Morgan fingerprint density at radius 2 is 1.96 bits per heavy atom. The van der Waals surface area contributed by atoms with Gasteiger partial charge in [-0.3, -0.25) is 9.48 Å². The fourth-order valence-electron chi connectivity index (χ4n) is 3.63. The minimum absolute atomic E-state index is 0.00419. The summed E-state index contributed by atoms with van der Waals surface area (Å²) in [5.41, 5.74) is 4.06. The highest BCUT2D eigenvalue weighted by Crippen LogP contribution is 2.24. The van der Waals surface area contributed by atoms with Crippen molar-refractivity contribution in [1.29, 1.82) is 0 Å². The number of amides is 1. The summed E-state index contributed by atoms with van der Waals surface area (Å²) >= 11 is 0. The molecule has 0 unspecified atom stereocenters. The van der Waals surface area contributed by atoms with Crippen LogP contribution in [0.3, 0.4) is 0 Å². The molecule has 4 rings (SSSR count). The summed E-state index contributed by atoms with van der Waals surface area (Å²) in [6.45, 7) is 2.00. The quantitative estimate of drug-likeness (QED) is 0.917. The number of nitrogens with zero attached hydrogens (tertiary/aromatic N) is 3. The first-order chi connectivity index (χ1) is 11.6. The van der Waals surface area contributed by atoms with Crippen LogP contribution in [0.25, 0.3) is 0 Å². The number of carboxylic acids is 1. The second-order valence-corrected chi connectivity index (χ2v) is 6.45. The van der Waals surface area contributed by atoms with Gasteiger partial charge in [-0.25, -0.2) is 4.79 Å². The van der Waals surface area contributed by atoms with E-state index in [1.54, 1.807) is 23.2 Å². The van der Waals surface area contributed by atoms with Crippen LogP contribution in [0.4, 0.5) is 0 Å².